The van der Waals surface area contributed by atoms with Gasteiger partial charge in [0.05, 0.1) is 25.0 Å². The molecule has 0 aliphatic carbocycles. The predicted octanol–water partition coefficient (Wildman–Crippen LogP) is 4.21. The summed E-state index contributed by atoms with van der Waals surface area (Å²) in [5.74, 6) is 1.73. The van der Waals surface area contributed by atoms with Gasteiger partial charge in [0, 0.05) is 18.5 Å². The highest BCUT2D eigenvalue weighted by Gasteiger charge is 2.05. The monoisotopic (exact) mass is 391 g/mol. The van der Waals surface area contributed by atoms with Crippen molar-refractivity contribution in [2.45, 2.75) is 6.54 Å². The van der Waals surface area contributed by atoms with E-state index in [1.54, 1.807) is 24.1 Å². The van der Waals surface area contributed by atoms with Crippen LogP contribution in [0.25, 0.3) is 5.69 Å². The first-order valence-electron chi connectivity index (χ1n) is 8.89. The molecule has 0 amide bonds. The lowest BCUT2D eigenvalue weighted by atomic mass is 10.3. The van der Waals surface area contributed by atoms with Gasteiger partial charge in [0.1, 0.15) is 17.3 Å². The van der Waals surface area contributed by atoms with Crippen LogP contribution in [0.2, 0.25) is 0 Å². The average molecular weight is 391 g/mol. The quantitative estimate of drug-likeness (QED) is 0.509. The minimum atomic E-state index is -0.323. The Kier molecular flexibility index (Phi) is 5.33. The van der Waals surface area contributed by atoms with Crippen LogP contribution in [0.1, 0.15) is 5.69 Å². The summed E-state index contributed by atoms with van der Waals surface area (Å²) in [6, 6.07) is 16.9. The summed E-state index contributed by atoms with van der Waals surface area (Å²) in [4.78, 5) is 8.49. The zero-order valence-electron chi connectivity index (χ0n) is 15.6. The number of aromatic nitrogens is 4. The standard InChI is InChI=1S/C21H18FN5O2/c1-28-18-8-4-17(5-9-18)27-13-11-16(26-27)14-24-21-23-12-10-20(25-21)29-19-6-2-15(22)3-7-19/h2-13H,14H2,1H3,(H,23,24,25). The molecule has 0 saturated heterocycles. The second-order valence-electron chi connectivity index (χ2n) is 6.08. The van der Waals surface area contributed by atoms with Crippen LogP contribution in [-0.2, 0) is 6.54 Å². The lowest BCUT2D eigenvalue weighted by Gasteiger charge is -2.07. The summed E-state index contributed by atoms with van der Waals surface area (Å²) in [7, 11) is 1.63. The molecule has 0 spiro atoms. The molecule has 8 heteroatoms. The normalized spacial score (nSPS) is 10.6. The van der Waals surface area contributed by atoms with Crippen LogP contribution in [0.5, 0.6) is 17.4 Å². The number of nitrogens with one attached hydrogen (secondary N) is 1. The van der Waals surface area contributed by atoms with E-state index in [-0.39, 0.29) is 5.82 Å². The van der Waals surface area contributed by atoms with Gasteiger partial charge in [-0.2, -0.15) is 10.1 Å². The smallest absolute Gasteiger partial charge is 0.226 e. The summed E-state index contributed by atoms with van der Waals surface area (Å²) in [5.41, 5.74) is 1.76. The van der Waals surface area contributed by atoms with E-state index in [9.17, 15) is 4.39 Å². The number of anilines is 1. The van der Waals surface area contributed by atoms with Crippen molar-refractivity contribution in [1.29, 1.82) is 0 Å². The third-order valence-corrected chi connectivity index (χ3v) is 4.07. The lowest BCUT2D eigenvalue weighted by molar-refractivity contribution is 0.414. The first-order valence-corrected chi connectivity index (χ1v) is 8.89. The zero-order chi connectivity index (χ0) is 20.1. The fraction of sp³-hybridized carbons (Fsp3) is 0.0952. The van der Waals surface area contributed by atoms with Gasteiger partial charge in [-0.25, -0.2) is 14.1 Å². The van der Waals surface area contributed by atoms with Crippen molar-refractivity contribution < 1.29 is 13.9 Å². The number of ether oxygens (including phenoxy) is 2. The van der Waals surface area contributed by atoms with Crippen molar-refractivity contribution in [3.63, 3.8) is 0 Å². The molecule has 4 aromatic rings. The van der Waals surface area contributed by atoms with Crippen LogP contribution in [-0.4, -0.2) is 26.9 Å². The molecular formula is C21H18FN5O2. The first kappa shape index (κ1) is 18.4. The summed E-state index contributed by atoms with van der Waals surface area (Å²) in [5, 5.41) is 7.66. The van der Waals surface area contributed by atoms with Crippen LogP contribution in [0.15, 0.2) is 73.1 Å². The highest BCUT2D eigenvalue weighted by atomic mass is 19.1. The Morgan fingerprint density at radius 2 is 1.72 bits per heavy atom. The largest absolute Gasteiger partial charge is 0.497 e. The van der Waals surface area contributed by atoms with E-state index in [0.717, 1.165) is 17.1 Å². The van der Waals surface area contributed by atoms with Gasteiger partial charge < -0.3 is 14.8 Å². The molecule has 0 unspecified atom stereocenters. The molecule has 0 saturated carbocycles. The maximum atomic E-state index is 13.0. The van der Waals surface area contributed by atoms with E-state index >= 15 is 0 Å². The SMILES string of the molecule is COc1ccc(-n2ccc(CNc3nccc(Oc4ccc(F)cc4)n3)n2)cc1. The number of nitrogens with zero attached hydrogens (tertiary/aromatic N) is 4. The molecule has 0 bridgehead atoms. The van der Waals surface area contributed by atoms with Gasteiger partial charge in [-0.15, -0.1) is 0 Å². The van der Waals surface area contributed by atoms with Gasteiger partial charge in [-0.3, -0.25) is 0 Å². The zero-order valence-corrected chi connectivity index (χ0v) is 15.6. The Morgan fingerprint density at radius 3 is 2.48 bits per heavy atom. The van der Waals surface area contributed by atoms with Crippen LogP contribution in [0, 0.1) is 5.82 Å². The Bertz CT molecular complexity index is 1080. The Morgan fingerprint density at radius 1 is 0.966 bits per heavy atom. The van der Waals surface area contributed by atoms with E-state index < -0.39 is 0 Å². The molecular weight excluding hydrogens is 373 g/mol. The fourth-order valence-electron chi connectivity index (χ4n) is 2.61. The molecule has 2 aromatic carbocycles. The highest BCUT2D eigenvalue weighted by molar-refractivity contribution is 5.37. The van der Waals surface area contributed by atoms with Crippen molar-refractivity contribution in [2.75, 3.05) is 12.4 Å². The average Bonchev–Trinajstić information content (AvgIpc) is 3.23. The van der Waals surface area contributed by atoms with Gasteiger partial charge >= 0.3 is 0 Å². The van der Waals surface area contributed by atoms with E-state index in [0.29, 0.717) is 24.1 Å². The topological polar surface area (TPSA) is 74.1 Å². The van der Waals surface area contributed by atoms with E-state index in [2.05, 4.69) is 20.4 Å². The number of hydrogen-bond donors (Lipinski definition) is 1. The summed E-state index contributed by atoms with van der Waals surface area (Å²) < 4.78 is 25.6. The molecule has 0 aliphatic heterocycles. The Labute approximate surface area is 166 Å². The summed E-state index contributed by atoms with van der Waals surface area (Å²) in [6.45, 7) is 0.448. The van der Waals surface area contributed by atoms with Crippen LogP contribution < -0.4 is 14.8 Å². The molecule has 2 aromatic heterocycles. The molecule has 4 rings (SSSR count). The molecule has 0 aliphatic rings. The molecule has 7 nitrogen and oxygen atoms in total. The number of halogens is 1. The maximum absolute atomic E-state index is 13.0. The van der Waals surface area contributed by atoms with Crippen molar-refractivity contribution in [3.8, 4) is 23.1 Å². The molecule has 2 heterocycles. The van der Waals surface area contributed by atoms with Crippen LogP contribution in [0.4, 0.5) is 10.3 Å². The summed E-state index contributed by atoms with van der Waals surface area (Å²) >= 11 is 0. The van der Waals surface area contributed by atoms with Crippen molar-refractivity contribution in [2.24, 2.45) is 0 Å². The van der Waals surface area contributed by atoms with Gasteiger partial charge in [-0.05, 0) is 54.6 Å². The molecule has 146 valence electrons. The van der Waals surface area contributed by atoms with Crippen LogP contribution in [0.3, 0.4) is 0 Å². The third kappa shape index (κ3) is 4.67. The Hall–Kier alpha value is -3.94. The van der Waals surface area contributed by atoms with Gasteiger partial charge in [0.25, 0.3) is 0 Å². The first-order chi connectivity index (χ1) is 14.2. The minimum absolute atomic E-state index is 0.323. The third-order valence-electron chi connectivity index (χ3n) is 4.07. The van der Waals surface area contributed by atoms with Gasteiger partial charge in [0.2, 0.25) is 11.8 Å². The van der Waals surface area contributed by atoms with Crippen molar-refractivity contribution in [1.82, 2.24) is 19.7 Å². The molecule has 0 atom stereocenters. The van der Waals surface area contributed by atoms with E-state index in [1.165, 1.54) is 24.3 Å². The van der Waals surface area contributed by atoms with Gasteiger partial charge in [0.15, 0.2) is 0 Å². The summed E-state index contributed by atoms with van der Waals surface area (Å²) in [6.07, 6.45) is 3.47. The molecule has 0 fully saturated rings. The predicted molar refractivity (Wildman–Crippen MR) is 106 cm³/mol. The molecule has 1 N–H and O–H groups in total. The van der Waals surface area contributed by atoms with Crippen LogP contribution >= 0.6 is 0 Å². The fourth-order valence-corrected chi connectivity index (χ4v) is 2.61. The second kappa shape index (κ2) is 8.39. The maximum Gasteiger partial charge on any atom is 0.226 e. The minimum Gasteiger partial charge on any atom is -0.497 e. The number of benzene rings is 2. The van der Waals surface area contributed by atoms with Gasteiger partial charge in [-0.1, -0.05) is 0 Å². The van der Waals surface area contributed by atoms with Crippen molar-refractivity contribution in [3.05, 3.63) is 84.6 Å². The second-order valence-corrected chi connectivity index (χ2v) is 6.08. The Balaban J connectivity index is 1.39. The van der Waals surface area contributed by atoms with E-state index in [1.807, 2.05) is 36.5 Å². The number of rotatable bonds is 7. The lowest BCUT2D eigenvalue weighted by Crippen LogP contribution is -2.05. The van der Waals surface area contributed by atoms with E-state index in [4.69, 9.17) is 9.47 Å². The molecule has 29 heavy (non-hydrogen) atoms. The highest BCUT2D eigenvalue weighted by Crippen LogP contribution is 2.20. The number of methoxy groups -OCH3 is 1. The molecule has 0 radical (unpaired) electrons. The number of hydrogen-bond acceptors (Lipinski definition) is 6. The van der Waals surface area contributed by atoms with Crippen molar-refractivity contribution >= 4 is 5.95 Å².